The summed E-state index contributed by atoms with van der Waals surface area (Å²) >= 11 is 6.09. The molecule has 2 aromatic carbocycles. The first-order valence-electron chi connectivity index (χ1n) is 9.21. The highest BCUT2D eigenvalue weighted by molar-refractivity contribution is 7.93. The second-order valence-electron chi connectivity index (χ2n) is 6.61. The SMILES string of the molecule is O=C(O)c1ccc(C#Cc2cc(Cl)ccc2NS(=O)(=O)c2cccc3cccnc23)cn1. The normalized spacial score (nSPS) is 10.9. The molecule has 0 spiro atoms. The van der Waals surface area contributed by atoms with Gasteiger partial charge >= 0.3 is 5.97 Å². The van der Waals surface area contributed by atoms with Gasteiger partial charge in [0.05, 0.1) is 16.8 Å². The summed E-state index contributed by atoms with van der Waals surface area (Å²) in [7, 11) is -3.97. The monoisotopic (exact) mass is 463 g/mol. The number of rotatable bonds is 4. The molecule has 9 heteroatoms. The fourth-order valence-corrected chi connectivity index (χ4v) is 4.37. The molecule has 0 amide bonds. The summed E-state index contributed by atoms with van der Waals surface area (Å²) in [6.45, 7) is 0. The molecule has 2 heterocycles. The van der Waals surface area contributed by atoms with Crippen LogP contribution in [0.25, 0.3) is 10.9 Å². The molecule has 2 N–H and O–H groups in total. The lowest BCUT2D eigenvalue weighted by atomic mass is 10.1. The Labute approximate surface area is 188 Å². The van der Waals surface area contributed by atoms with E-state index in [0.29, 0.717) is 27.1 Å². The van der Waals surface area contributed by atoms with Crippen LogP contribution in [0.15, 0.2) is 78.0 Å². The Hall–Kier alpha value is -3.93. The Kier molecular flexibility index (Phi) is 5.77. The summed E-state index contributed by atoms with van der Waals surface area (Å²) < 4.78 is 28.8. The van der Waals surface area contributed by atoms with Crippen LogP contribution in [-0.2, 0) is 10.0 Å². The molecule has 7 nitrogen and oxygen atoms in total. The third-order valence-electron chi connectivity index (χ3n) is 4.44. The van der Waals surface area contributed by atoms with Crippen LogP contribution < -0.4 is 4.72 Å². The van der Waals surface area contributed by atoms with Crippen molar-refractivity contribution in [1.29, 1.82) is 0 Å². The molecule has 32 heavy (non-hydrogen) atoms. The van der Waals surface area contributed by atoms with Gasteiger partial charge in [0.2, 0.25) is 0 Å². The summed E-state index contributed by atoms with van der Waals surface area (Å²) in [6.07, 6.45) is 2.86. The lowest BCUT2D eigenvalue weighted by molar-refractivity contribution is 0.0690. The number of halogens is 1. The van der Waals surface area contributed by atoms with Crippen molar-refractivity contribution in [3.63, 3.8) is 0 Å². The van der Waals surface area contributed by atoms with E-state index in [1.54, 1.807) is 30.3 Å². The molecule has 0 fully saturated rings. The van der Waals surface area contributed by atoms with Gasteiger partial charge in [-0.15, -0.1) is 0 Å². The van der Waals surface area contributed by atoms with Gasteiger partial charge in [-0.05, 0) is 42.5 Å². The van der Waals surface area contributed by atoms with E-state index in [9.17, 15) is 13.2 Å². The lowest BCUT2D eigenvalue weighted by Gasteiger charge is -2.12. The molecule has 0 aliphatic carbocycles. The van der Waals surface area contributed by atoms with E-state index in [0.717, 1.165) is 0 Å². The molecule has 0 radical (unpaired) electrons. The number of benzene rings is 2. The van der Waals surface area contributed by atoms with E-state index in [-0.39, 0.29) is 16.3 Å². The Bertz CT molecular complexity index is 1500. The maximum absolute atomic E-state index is 13.1. The van der Waals surface area contributed by atoms with Crippen molar-refractivity contribution < 1.29 is 18.3 Å². The van der Waals surface area contributed by atoms with Crippen LogP contribution in [0.5, 0.6) is 0 Å². The number of carboxylic acids is 1. The number of pyridine rings is 2. The minimum atomic E-state index is -3.97. The highest BCUT2D eigenvalue weighted by Gasteiger charge is 2.19. The average Bonchev–Trinajstić information content (AvgIpc) is 2.79. The van der Waals surface area contributed by atoms with Crippen molar-refractivity contribution in [2.24, 2.45) is 0 Å². The number of para-hydroxylation sites is 1. The molecule has 0 saturated heterocycles. The Morgan fingerprint density at radius 2 is 1.81 bits per heavy atom. The highest BCUT2D eigenvalue weighted by atomic mass is 35.5. The van der Waals surface area contributed by atoms with Gasteiger partial charge in [-0.2, -0.15) is 0 Å². The zero-order valence-electron chi connectivity index (χ0n) is 16.3. The van der Waals surface area contributed by atoms with Gasteiger partial charge in [-0.3, -0.25) is 9.71 Å². The van der Waals surface area contributed by atoms with Crippen molar-refractivity contribution in [2.45, 2.75) is 4.90 Å². The van der Waals surface area contributed by atoms with Crippen molar-refractivity contribution >= 4 is 44.2 Å². The van der Waals surface area contributed by atoms with Crippen LogP contribution in [0, 0.1) is 11.8 Å². The van der Waals surface area contributed by atoms with Crippen LogP contribution in [0.2, 0.25) is 5.02 Å². The number of aromatic carboxylic acids is 1. The Balaban J connectivity index is 1.70. The summed E-state index contributed by atoms with van der Waals surface area (Å²) in [6, 6.07) is 15.9. The number of hydrogen-bond donors (Lipinski definition) is 2. The first-order chi connectivity index (χ1) is 15.3. The van der Waals surface area contributed by atoms with Gasteiger partial charge in [-0.25, -0.2) is 18.2 Å². The first kappa shape index (κ1) is 21.3. The van der Waals surface area contributed by atoms with Crippen LogP contribution in [-0.4, -0.2) is 29.5 Å². The van der Waals surface area contributed by atoms with Crippen molar-refractivity contribution in [2.75, 3.05) is 4.72 Å². The van der Waals surface area contributed by atoms with E-state index in [1.165, 1.54) is 42.7 Å². The van der Waals surface area contributed by atoms with Gasteiger partial charge < -0.3 is 5.11 Å². The van der Waals surface area contributed by atoms with E-state index in [1.807, 2.05) is 0 Å². The molecule has 4 aromatic rings. The average molecular weight is 464 g/mol. The Morgan fingerprint density at radius 3 is 2.56 bits per heavy atom. The summed E-state index contributed by atoms with van der Waals surface area (Å²) in [5.41, 5.74) is 1.30. The van der Waals surface area contributed by atoms with Gasteiger partial charge in [-0.1, -0.05) is 41.6 Å². The zero-order chi connectivity index (χ0) is 22.7. The topological polar surface area (TPSA) is 109 Å². The molecule has 0 aliphatic rings. The second-order valence-corrected chi connectivity index (χ2v) is 8.70. The Morgan fingerprint density at radius 1 is 1.00 bits per heavy atom. The minimum Gasteiger partial charge on any atom is -0.477 e. The van der Waals surface area contributed by atoms with E-state index < -0.39 is 16.0 Å². The molecular weight excluding hydrogens is 450 g/mol. The highest BCUT2D eigenvalue weighted by Crippen LogP contribution is 2.26. The van der Waals surface area contributed by atoms with E-state index in [4.69, 9.17) is 16.7 Å². The fourth-order valence-electron chi connectivity index (χ4n) is 2.94. The largest absolute Gasteiger partial charge is 0.477 e. The van der Waals surface area contributed by atoms with Crippen molar-refractivity contribution in [3.8, 4) is 11.8 Å². The number of fused-ring (bicyclic) bond motifs is 1. The molecular formula is C23H14ClN3O4S. The number of carbonyl (C=O) groups is 1. The molecule has 0 saturated carbocycles. The number of carboxylic acid groups (broad SMARTS) is 1. The molecule has 2 aromatic heterocycles. The number of aromatic nitrogens is 2. The molecule has 0 aliphatic heterocycles. The molecule has 4 rings (SSSR count). The van der Waals surface area contributed by atoms with Gasteiger partial charge in [0.1, 0.15) is 10.6 Å². The maximum Gasteiger partial charge on any atom is 0.354 e. The third-order valence-corrected chi connectivity index (χ3v) is 6.07. The molecule has 0 unspecified atom stereocenters. The van der Waals surface area contributed by atoms with E-state index in [2.05, 4.69) is 26.5 Å². The quantitative estimate of drug-likeness (QED) is 0.439. The first-order valence-corrected chi connectivity index (χ1v) is 11.1. The predicted molar refractivity (Wildman–Crippen MR) is 121 cm³/mol. The number of nitrogens with one attached hydrogen (secondary N) is 1. The molecule has 0 bridgehead atoms. The summed E-state index contributed by atoms with van der Waals surface area (Å²) in [4.78, 5) is 19.0. The van der Waals surface area contributed by atoms with Crippen LogP contribution >= 0.6 is 11.6 Å². The van der Waals surface area contributed by atoms with Gasteiger partial charge in [0.25, 0.3) is 10.0 Å². The van der Waals surface area contributed by atoms with Crippen molar-refractivity contribution in [3.05, 3.63) is 94.9 Å². The number of hydrogen-bond acceptors (Lipinski definition) is 5. The van der Waals surface area contributed by atoms with E-state index >= 15 is 0 Å². The van der Waals surface area contributed by atoms with Crippen LogP contribution in [0.3, 0.4) is 0 Å². The minimum absolute atomic E-state index is 0.0397. The third kappa shape index (κ3) is 4.54. The van der Waals surface area contributed by atoms with Gasteiger partial charge in [0.15, 0.2) is 0 Å². The number of anilines is 1. The summed E-state index contributed by atoms with van der Waals surface area (Å²) in [5, 5.41) is 10.0. The van der Waals surface area contributed by atoms with Gasteiger partial charge in [0, 0.05) is 28.4 Å². The van der Waals surface area contributed by atoms with Crippen LogP contribution in [0.1, 0.15) is 21.6 Å². The zero-order valence-corrected chi connectivity index (χ0v) is 17.9. The van der Waals surface area contributed by atoms with Crippen LogP contribution in [0.4, 0.5) is 5.69 Å². The maximum atomic E-state index is 13.1. The lowest BCUT2D eigenvalue weighted by Crippen LogP contribution is -2.14. The predicted octanol–water partition coefficient (Wildman–Crippen LogP) is 4.18. The number of sulfonamides is 1. The number of nitrogens with zero attached hydrogens (tertiary/aromatic N) is 2. The standard InChI is InChI=1S/C23H14ClN3O4S/c24-18-9-11-19(17(13-18)8-6-15-7-10-20(23(28)29)26-14-15)27-32(30,31)21-5-1-3-16-4-2-12-25-22(16)21/h1-5,7,9-14,27H,(H,28,29). The second kappa shape index (κ2) is 8.67. The molecule has 0 atom stereocenters. The fraction of sp³-hybridized carbons (Fsp3) is 0. The molecule has 158 valence electrons. The summed E-state index contributed by atoms with van der Waals surface area (Å²) in [5.74, 6) is 4.56. The smallest absolute Gasteiger partial charge is 0.354 e. The van der Waals surface area contributed by atoms with Crippen molar-refractivity contribution in [1.82, 2.24) is 9.97 Å².